The third-order valence-corrected chi connectivity index (χ3v) is 8.02. The van der Waals surface area contributed by atoms with E-state index >= 15 is 0 Å². The van der Waals surface area contributed by atoms with Gasteiger partial charge >= 0.3 is 0 Å². The Hall–Kier alpha value is -2.76. The van der Waals surface area contributed by atoms with Crippen LogP contribution in [0.4, 0.5) is 0 Å². The van der Waals surface area contributed by atoms with Gasteiger partial charge in [-0.1, -0.05) is 13.3 Å². The molecule has 4 rings (SSSR count). The molecule has 0 aliphatic carbocycles. The van der Waals surface area contributed by atoms with Crippen molar-refractivity contribution in [1.29, 1.82) is 0 Å². The Morgan fingerprint density at radius 3 is 2.59 bits per heavy atom. The van der Waals surface area contributed by atoms with E-state index in [0.717, 1.165) is 12.1 Å². The molecule has 0 atom stereocenters. The van der Waals surface area contributed by atoms with Gasteiger partial charge < -0.3 is 14.5 Å². The highest BCUT2D eigenvalue weighted by Gasteiger charge is 2.30. The van der Waals surface area contributed by atoms with Crippen LogP contribution in [0.2, 0.25) is 0 Å². The Kier molecular flexibility index (Phi) is 7.06. The van der Waals surface area contributed by atoms with Crippen molar-refractivity contribution < 1.29 is 17.9 Å². The molecule has 1 aliphatic rings. The zero-order valence-corrected chi connectivity index (χ0v) is 20.8. The van der Waals surface area contributed by atoms with Crippen molar-refractivity contribution in [2.45, 2.75) is 50.5 Å². The number of hydrogen-bond acceptors (Lipinski definition) is 7. The maximum absolute atomic E-state index is 13.4. The summed E-state index contributed by atoms with van der Waals surface area (Å²) >= 11 is 0. The molecule has 0 radical (unpaired) electrons. The zero-order valence-electron chi connectivity index (χ0n) is 20.0. The number of benzene rings is 1. The number of aromatic nitrogens is 4. The lowest BCUT2D eigenvalue weighted by Crippen LogP contribution is -2.40. The summed E-state index contributed by atoms with van der Waals surface area (Å²) < 4.78 is 40.9. The topological polar surface area (TPSA) is 119 Å². The van der Waals surface area contributed by atoms with Gasteiger partial charge in [-0.05, 0) is 44.4 Å². The largest absolute Gasteiger partial charge is 0.493 e. The summed E-state index contributed by atoms with van der Waals surface area (Å²) in [4.78, 5) is 20.6. The first-order valence-electron chi connectivity index (χ1n) is 11.6. The number of H-pyrrole nitrogens is 1. The molecule has 1 aromatic carbocycles. The van der Waals surface area contributed by atoms with Crippen LogP contribution in [0.5, 0.6) is 5.75 Å². The predicted octanol–water partition coefficient (Wildman–Crippen LogP) is 2.47. The molecule has 10 nitrogen and oxygen atoms in total. The van der Waals surface area contributed by atoms with Crippen molar-refractivity contribution in [2.24, 2.45) is 7.05 Å². The van der Waals surface area contributed by atoms with Crippen molar-refractivity contribution in [3.63, 3.8) is 0 Å². The maximum atomic E-state index is 13.4. The molecule has 3 aromatic rings. The minimum absolute atomic E-state index is 0.0696. The first kappa shape index (κ1) is 24.4. The van der Waals surface area contributed by atoms with Gasteiger partial charge in [0.1, 0.15) is 17.1 Å². The third kappa shape index (κ3) is 4.47. The van der Waals surface area contributed by atoms with Crippen LogP contribution in [0.15, 0.2) is 27.9 Å². The summed E-state index contributed by atoms with van der Waals surface area (Å²) in [6.07, 6.45) is 2.89. The summed E-state index contributed by atoms with van der Waals surface area (Å²) in [5, 5.41) is 4.46. The van der Waals surface area contributed by atoms with Gasteiger partial charge in [-0.3, -0.25) is 9.48 Å². The number of nitrogens with zero attached hydrogens (tertiary/aromatic N) is 4. The van der Waals surface area contributed by atoms with Gasteiger partial charge in [-0.25, -0.2) is 13.4 Å². The van der Waals surface area contributed by atoms with E-state index in [2.05, 4.69) is 10.1 Å². The van der Waals surface area contributed by atoms with Gasteiger partial charge in [-0.15, -0.1) is 0 Å². The summed E-state index contributed by atoms with van der Waals surface area (Å²) in [6.45, 7) is 5.03. The quantitative estimate of drug-likeness (QED) is 0.516. The van der Waals surface area contributed by atoms with E-state index < -0.39 is 10.0 Å². The molecule has 0 amide bonds. The number of rotatable bonds is 8. The molecular weight excluding hydrogens is 458 g/mol. The second-order valence-corrected chi connectivity index (χ2v) is 10.3. The lowest BCUT2D eigenvalue weighted by Gasteiger charge is -2.30. The molecule has 0 saturated carbocycles. The molecular formula is C23H31N5O5S. The first-order chi connectivity index (χ1) is 16.3. The zero-order chi connectivity index (χ0) is 24.5. The van der Waals surface area contributed by atoms with E-state index in [4.69, 9.17) is 14.5 Å². The number of ether oxygens (including phenoxy) is 2. The molecule has 3 heterocycles. The average Bonchev–Trinajstić information content (AvgIpc) is 3.15. The molecule has 184 valence electrons. The number of piperidine rings is 1. The number of hydrogen-bond donors (Lipinski definition) is 1. The molecule has 1 N–H and O–H groups in total. The van der Waals surface area contributed by atoms with Crippen molar-refractivity contribution >= 4 is 21.1 Å². The van der Waals surface area contributed by atoms with Crippen molar-refractivity contribution in [2.75, 3.05) is 26.8 Å². The van der Waals surface area contributed by atoms with Crippen LogP contribution in [-0.2, 0) is 28.2 Å². The molecule has 34 heavy (non-hydrogen) atoms. The molecule has 1 saturated heterocycles. The van der Waals surface area contributed by atoms with Crippen LogP contribution in [-0.4, -0.2) is 65.4 Å². The van der Waals surface area contributed by atoms with Crippen LogP contribution in [0.25, 0.3) is 22.4 Å². The molecule has 0 unspecified atom stereocenters. The SMILES string of the molecule is CCCc1nn(C)c2c(=O)[nH]c(-c3cc(S(=O)(=O)N4CCC(OC)CC4)ccc3OCC)nc12. The van der Waals surface area contributed by atoms with Gasteiger partial charge in [-0.2, -0.15) is 9.40 Å². The normalized spacial score (nSPS) is 15.8. The van der Waals surface area contributed by atoms with Crippen LogP contribution in [0.1, 0.15) is 38.8 Å². The number of aryl methyl sites for hydroxylation is 2. The van der Waals surface area contributed by atoms with E-state index in [-0.39, 0.29) is 22.4 Å². The molecule has 2 aromatic heterocycles. The van der Waals surface area contributed by atoms with Crippen LogP contribution < -0.4 is 10.3 Å². The second kappa shape index (κ2) is 9.85. The van der Waals surface area contributed by atoms with Crippen molar-refractivity contribution in [1.82, 2.24) is 24.1 Å². The number of methoxy groups -OCH3 is 1. The van der Waals surface area contributed by atoms with Crippen molar-refractivity contribution in [3.8, 4) is 17.1 Å². The summed E-state index contributed by atoms with van der Waals surface area (Å²) in [5.41, 5.74) is 1.71. The van der Waals surface area contributed by atoms with E-state index in [1.54, 1.807) is 20.2 Å². The van der Waals surface area contributed by atoms with Crippen LogP contribution >= 0.6 is 0 Å². The summed E-state index contributed by atoms with van der Waals surface area (Å²) in [5.74, 6) is 0.699. The lowest BCUT2D eigenvalue weighted by molar-refractivity contribution is 0.0604. The number of aromatic amines is 1. The van der Waals surface area contributed by atoms with Crippen LogP contribution in [0, 0.1) is 0 Å². The second-order valence-electron chi connectivity index (χ2n) is 8.36. The lowest BCUT2D eigenvalue weighted by atomic mass is 10.1. The Bertz CT molecular complexity index is 1340. The van der Waals surface area contributed by atoms with E-state index in [9.17, 15) is 13.2 Å². The molecule has 0 spiro atoms. The fourth-order valence-corrected chi connectivity index (χ4v) is 5.87. The van der Waals surface area contributed by atoms with E-state index in [0.29, 0.717) is 61.3 Å². The van der Waals surface area contributed by atoms with Gasteiger partial charge in [0.05, 0.1) is 28.9 Å². The van der Waals surface area contributed by atoms with Crippen molar-refractivity contribution in [3.05, 3.63) is 34.2 Å². The van der Waals surface area contributed by atoms with Gasteiger partial charge in [0.15, 0.2) is 5.52 Å². The summed E-state index contributed by atoms with van der Waals surface area (Å²) in [6, 6.07) is 4.69. The maximum Gasteiger partial charge on any atom is 0.277 e. The highest BCUT2D eigenvalue weighted by molar-refractivity contribution is 7.89. The highest BCUT2D eigenvalue weighted by atomic mass is 32.2. The minimum Gasteiger partial charge on any atom is -0.493 e. The smallest absolute Gasteiger partial charge is 0.277 e. The monoisotopic (exact) mass is 489 g/mol. The molecule has 1 aliphatic heterocycles. The summed E-state index contributed by atoms with van der Waals surface area (Å²) in [7, 11) is -0.378. The Labute approximate surface area is 198 Å². The minimum atomic E-state index is -3.74. The fourth-order valence-electron chi connectivity index (χ4n) is 4.37. The molecule has 1 fully saturated rings. The average molecular weight is 490 g/mol. The molecule has 0 bridgehead atoms. The fraction of sp³-hybridized carbons (Fsp3) is 0.522. The first-order valence-corrected chi connectivity index (χ1v) is 13.0. The Morgan fingerprint density at radius 1 is 1.21 bits per heavy atom. The van der Waals surface area contributed by atoms with Gasteiger partial charge in [0.25, 0.3) is 5.56 Å². The Balaban J connectivity index is 1.82. The highest BCUT2D eigenvalue weighted by Crippen LogP contribution is 2.33. The van der Waals surface area contributed by atoms with E-state index in [1.165, 1.54) is 21.1 Å². The Morgan fingerprint density at radius 2 is 1.94 bits per heavy atom. The predicted molar refractivity (Wildman–Crippen MR) is 129 cm³/mol. The number of fused-ring (bicyclic) bond motifs is 1. The molecule has 11 heteroatoms. The third-order valence-electron chi connectivity index (χ3n) is 6.13. The number of nitrogens with one attached hydrogen (secondary N) is 1. The number of sulfonamides is 1. The van der Waals surface area contributed by atoms with Crippen LogP contribution in [0.3, 0.4) is 0 Å². The van der Waals surface area contributed by atoms with E-state index in [1.807, 2.05) is 13.8 Å². The standard InChI is InChI=1S/C23H31N5O5S/c1-5-7-18-20-21(27(3)26-18)23(29)25-22(24-20)17-14-16(8-9-19(17)33-6-2)34(30,31)28-12-10-15(32-4)11-13-28/h8-9,14-15H,5-7,10-13H2,1-4H3,(H,24,25,29). The van der Waals surface area contributed by atoms with Gasteiger partial charge in [0.2, 0.25) is 10.0 Å². The van der Waals surface area contributed by atoms with Gasteiger partial charge in [0, 0.05) is 27.2 Å².